The van der Waals surface area contributed by atoms with Crippen molar-refractivity contribution in [3.05, 3.63) is 12.7 Å². The van der Waals surface area contributed by atoms with Crippen LogP contribution in [0.25, 0.3) is 0 Å². The summed E-state index contributed by atoms with van der Waals surface area (Å²) in [6.45, 7) is 4.37. The van der Waals surface area contributed by atoms with E-state index in [1.54, 1.807) is 0 Å². The first-order chi connectivity index (χ1) is 5.88. The predicted molar refractivity (Wildman–Crippen MR) is 49.1 cm³/mol. The van der Waals surface area contributed by atoms with Gasteiger partial charge in [-0.2, -0.15) is 0 Å². The molecule has 2 fully saturated rings. The molecule has 2 rings (SSSR count). The molecule has 0 aromatic rings. The maximum atomic E-state index is 5.65. The highest BCUT2D eigenvalue weighted by Gasteiger charge is 2.33. The van der Waals surface area contributed by atoms with Crippen LogP contribution in [0.15, 0.2) is 12.7 Å². The first kappa shape index (κ1) is 8.27. The molecule has 2 bridgehead atoms. The molecule has 0 aromatic heterocycles. The van der Waals surface area contributed by atoms with E-state index in [0.29, 0.717) is 12.7 Å². The fourth-order valence-electron chi connectivity index (χ4n) is 2.35. The van der Waals surface area contributed by atoms with Crippen LogP contribution in [0.3, 0.4) is 0 Å². The van der Waals surface area contributed by atoms with Crippen molar-refractivity contribution in [2.75, 3.05) is 6.61 Å². The number of piperidine rings is 1. The molecule has 0 unspecified atom stereocenters. The molecule has 0 radical (unpaired) electrons. The first-order valence-electron chi connectivity index (χ1n) is 4.87. The number of nitrogens with one attached hydrogen (secondary N) is 1. The Kier molecular flexibility index (Phi) is 2.47. The summed E-state index contributed by atoms with van der Waals surface area (Å²) in [5, 5.41) is 3.59. The molecule has 2 heterocycles. The van der Waals surface area contributed by atoms with Crippen LogP contribution >= 0.6 is 0 Å². The lowest BCUT2D eigenvalue weighted by Gasteiger charge is -2.28. The maximum absolute atomic E-state index is 5.65. The molecule has 2 aliphatic heterocycles. The Labute approximate surface area is 74.0 Å². The zero-order valence-electron chi connectivity index (χ0n) is 7.46. The van der Waals surface area contributed by atoms with Gasteiger partial charge < -0.3 is 10.1 Å². The van der Waals surface area contributed by atoms with Gasteiger partial charge in [-0.3, -0.25) is 0 Å². The van der Waals surface area contributed by atoms with Crippen molar-refractivity contribution in [2.45, 2.75) is 43.9 Å². The smallest absolute Gasteiger partial charge is 0.0648 e. The highest BCUT2D eigenvalue weighted by molar-refractivity contribution is 4.92. The number of rotatable bonds is 3. The van der Waals surface area contributed by atoms with E-state index in [4.69, 9.17) is 4.74 Å². The van der Waals surface area contributed by atoms with Crippen LogP contribution in [-0.2, 0) is 4.74 Å². The molecule has 68 valence electrons. The van der Waals surface area contributed by atoms with Crippen LogP contribution in [0, 0.1) is 0 Å². The summed E-state index contributed by atoms with van der Waals surface area (Å²) in [6.07, 6.45) is 7.41. The number of fused-ring (bicyclic) bond motifs is 2. The molecule has 0 saturated carbocycles. The van der Waals surface area contributed by atoms with Gasteiger partial charge in [0.05, 0.1) is 12.7 Å². The maximum Gasteiger partial charge on any atom is 0.0648 e. The molecule has 3 atom stereocenters. The number of hydrogen-bond acceptors (Lipinski definition) is 2. The molecule has 0 aliphatic carbocycles. The molecule has 0 spiro atoms. The Bertz CT molecular complexity index is 157. The van der Waals surface area contributed by atoms with E-state index in [1.165, 1.54) is 25.7 Å². The lowest BCUT2D eigenvalue weighted by atomic mass is 10.0. The Morgan fingerprint density at radius 1 is 1.33 bits per heavy atom. The van der Waals surface area contributed by atoms with E-state index in [1.807, 2.05) is 6.08 Å². The normalized spacial score (nSPS) is 39.8. The number of hydrogen-bond donors (Lipinski definition) is 1. The average molecular weight is 167 g/mol. The van der Waals surface area contributed by atoms with Crippen molar-refractivity contribution in [1.29, 1.82) is 0 Å². The minimum Gasteiger partial charge on any atom is -0.374 e. The third-order valence-electron chi connectivity index (χ3n) is 2.88. The van der Waals surface area contributed by atoms with Crippen LogP contribution in [0.5, 0.6) is 0 Å². The van der Waals surface area contributed by atoms with Gasteiger partial charge in [0.1, 0.15) is 0 Å². The Hall–Kier alpha value is -0.340. The molecule has 12 heavy (non-hydrogen) atoms. The van der Waals surface area contributed by atoms with Gasteiger partial charge in [0.15, 0.2) is 0 Å². The topological polar surface area (TPSA) is 21.3 Å². The second kappa shape index (κ2) is 3.58. The Morgan fingerprint density at radius 3 is 2.58 bits per heavy atom. The lowest BCUT2D eigenvalue weighted by Crippen LogP contribution is -2.41. The van der Waals surface area contributed by atoms with Crippen molar-refractivity contribution in [1.82, 2.24) is 5.32 Å². The lowest BCUT2D eigenvalue weighted by molar-refractivity contribution is 0.0374. The fourth-order valence-corrected chi connectivity index (χ4v) is 2.35. The minimum atomic E-state index is 0.488. The van der Waals surface area contributed by atoms with Crippen LogP contribution in [0.1, 0.15) is 25.7 Å². The summed E-state index contributed by atoms with van der Waals surface area (Å²) < 4.78 is 5.65. The molecule has 2 nitrogen and oxygen atoms in total. The van der Waals surface area contributed by atoms with Crippen molar-refractivity contribution < 1.29 is 4.74 Å². The van der Waals surface area contributed by atoms with Crippen molar-refractivity contribution in [2.24, 2.45) is 0 Å². The summed E-state index contributed by atoms with van der Waals surface area (Å²) in [5.41, 5.74) is 0. The summed E-state index contributed by atoms with van der Waals surface area (Å²) in [6, 6.07) is 1.47. The molecule has 0 amide bonds. The predicted octanol–water partition coefficient (Wildman–Crippen LogP) is 1.47. The first-order valence-corrected chi connectivity index (χ1v) is 4.87. The van der Waals surface area contributed by atoms with Crippen LogP contribution in [0.2, 0.25) is 0 Å². The standard InChI is InChI=1S/C10H17NO/c1-2-5-12-10-6-8-3-4-9(7-10)11-8/h2,8-11H,1,3-7H2/t8-,9+,10-. The molecular formula is C10H17NO. The monoisotopic (exact) mass is 167 g/mol. The summed E-state index contributed by atoms with van der Waals surface area (Å²) in [4.78, 5) is 0. The zero-order chi connectivity index (χ0) is 8.39. The van der Waals surface area contributed by atoms with Crippen LogP contribution in [0.4, 0.5) is 0 Å². The highest BCUT2D eigenvalue weighted by atomic mass is 16.5. The van der Waals surface area contributed by atoms with E-state index in [9.17, 15) is 0 Å². The average Bonchev–Trinajstić information content (AvgIpc) is 2.42. The van der Waals surface area contributed by atoms with Crippen molar-refractivity contribution in [3.63, 3.8) is 0 Å². The number of ether oxygens (including phenoxy) is 1. The SMILES string of the molecule is C=CCO[C@@H]1C[C@H]2CC[C@@H](C1)N2. The molecule has 2 saturated heterocycles. The molecular weight excluding hydrogens is 150 g/mol. The van der Waals surface area contributed by atoms with E-state index in [-0.39, 0.29) is 0 Å². The van der Waals surface area contributed by atoms with Gasteiger partial charge >= 0.3 is 0 Å². The second-order valence-electron chi connectivity index (χ2n) is 3.85. The molecule has 2 heteroatoms. The van der Waals surface area contributed by atoms with Gasteiger partial charge in [-0.15, -0.1) is 6.58 Å². The fraction of sp³-hybridized carbons (Fsp3) is 0.800. The molecule has 0 aromatic carbocycles. The van der Waals surface area contributed by atoms with Gasteiger partial charge in [0, 0.05) is 12.1 Å². The summed E-state index contributed by atoms with van der Waals surface area (Å²) in [5.74, 6) is 0. The summed E-state index contributed by atoms with van der Waals surface area (Å²) in [7, 11) is 0. The van der Waals surface area contributed by atoms with E-state index in [0.717, 1.165) is 12.1 Å². The van der Waals surface area contributed by atoms with Crippen molar-refractivity contribution >= 4 is 0 Å². The van der Waals surface area contributed by atoms with Crippen LogP contribution in [-0.4, -0.2) is 24.8 Å². The summed E-state index contributed by atoms with van der Waals surface area (Å²) >= 11 is 0. The zero-order valence-corrected chi connectivity index (χ0v) is 7.46. The molecule has 2 aliphatic rings. The van der Waals surface area contributed by atoms with Gasteiger partial charge in [-0.25, -0.2) is 0 Å². The van der Waals surface area contributed by atoms with Gasteiger partial charge in [0.25, 0.3) is 0 Å². The largest absolute Gasteiger partial charge is 0.374 e. The third kappa shape index (κ3) is 1.70. The Morgan fingerprint density at radius 2 is 2.00 bits per heavy atom. The van der Waals surface area contributed by atoms with Gasteiger partial charge in [0.2, 0.25) is 0 Å². The quantitative estimate of drug-likeness (QED) is 0.643. The van der Waals surface area contributed by atoms with E-state index >= 15 is 0 Å². The van der Waals surface area contributed by atoms with E-state index in [2.05, 4.69) is 11.9 Å². The third-order valence-corrected chi connectivity index (χ3v) is 2.88. The minimum absolute atomic E-state index is 0.488. The van der Waals surface area contributed by atoms with E-state index < -0.39 is 0 Å². The highest BCUT2D eigenvalue weighted by Crippen LogP contribution is 2.28. The van der Waals surface area contributed by atoms with Crippen molar-refractivity contribution in [3.8, 4) is 0 Å². The second-order valence-corrected chi connectivity index (χ2v) is 3.85. The Balaban J connectivity index is 1.81. The van der Waals surface area contributed by atoms with Gasteiger partial charge in [-0.05, 0) is 25.7 Å². The molecule has 1 N–H and O–H groups in total. The van der Waals surface area contributed by atoms with Crippen LogP contribution < -0.4 is 5.32 Å². The van der Waals surface area contributed by atoms with Gasteiger partial charge in [-0.1, -0.05) is 6.08 Å².